The maximum absolute atomic E-state index is 14.3. The lowest BCUT2D eigenvalue weighted by atomic mass is 9.99. The van der Waals surface area contributed by atoms with Crippen LogP contribution in [0.3, 0.4) is 0 Å². The average Bonchev–Trinajstić information content (AvgIpc) is 3.12. The summed E-state index contributed by atoms with van der Waals surface area (Å²) in [5.74, 6) is -16.6. The first-order valence-corrected chi connectivity index (χ1v) is 7.20. The molecule has 0 aliphatic carbocycles. The first kappa shape index (κ1) is 17.5. The highest BCUT2D eigenvalue weighted by Crippen LogP contribution is 2.41. The molecule has 0 N–H and O–H groups in total. The highest BCUT2D eigenvalue weighted by atomic mass is 19.2. The van der Waals surface area contributed by atoms with Crippen LogP contribution in [0.1, 0.15) is 12.8 Å². The second-order valence-electron chi connectivity index (χ2n) is 5.52. The zero-order valence-electron chi connectivity index (χ0n) is 12.4. The number of anilines is 1. The molecule has 1 aliphatic heterocycles. The molecule has 0 aromatic heterocycles. The Balaban J connectivity index is 2.40. The van der Waals surface area contributed by atoms with Gasteiger partial charge in [-0.3, -0.25) is 0 Å². The molecule has 1 aliphatic rings. The molecule has 3 rings (SSSR count). The molecule has 0 bridgehead atoms. The van der Waals surface area contributed by atoms with Crippen molar-refractivity contribution in [2.45, 2.75) is 12.8 Å². The molecule has 0 unspecified atom stereocenters. The molecule has 0 radical (unpaired) electrons. The lowest BCUT2D eigenvalue weighted by Crippen LogP contribution is -2.22. The van der Waals surface area contributed by atoms with Crippen LogP contribution in [0.15, 0.2) is 6.07 Å². The van der Waals surface area contributed by atoms with Crippen molar-refractivity contribution in [2.75, 3.05) is 18.0 Å². The molecule has 1 fully saturated rings. The van der Waals surface area contributed by atoms with Crippen molar-refractivity contribution in [3.63, 3.8) is 0 Å². The second kappa shape index (κ2) is 6.20. The molecule has 1 heterocycles. The van der Waals surface area contributed by atoms with Gasteiger partial charge in [0, 0.05) is 18.7 Å². The highest BCUT2D eigenvalue weighted by molar-refractivity contribution is 5.80. The highest BCUT2D eigenvalue weighted by Gasteiger charge is 2.33. The van der Waals surface area contributed by atoms with E-state index in [1.165, 1.54) is 0 Å². The second-order valence-corrected chi connectivity index (χ2v) is 5.52. The van der Waals surface area contributed by atoms with Gasteiger partial charge in [0.1, 0.15) is 0 Å². The van der Waals surface area contributed by atoms with E-state index in [9.17, 15) is 35.1 Å². The van der Waals surface area contributed by atoms with Crippen LogP contribution in [-0.2, 0) is 0 Å². The summed E-state index contributed by atoms with van der Waals surface area (Å²) in [4.78, 5) is 1.11. The van der Waals surface area contributed by atoms with Crippen molar-refractivity contribution >= 4 is 5.69 Å². The summed E-state index contributed by atoms with van der Waals surface area (Å²) in [6.07, 6.45) is 1.02. The number of benzene rings is 2. The SMILES string of the molecule is Fc1cc(-c2c(F)c(F)c(F)c(F)c2N2CCCC2)c(F)c(F)c1F. The quantitative estimate of drug-likeness (QED) is 0.407. The lowest BCUT2D eigenvalue weighted by Gasteiger charge is -2.23. The Bertz CT molecular complexity index is 858. The summed E-state index contributed by atoms with van der Waals surface area (Å²) in [6.45, 7) is 0.227. The van der Waals surface area contributed by atoms with Gasteiger partial charge < -0.3 is 4.90 Å². The Labute approximate surface area is 136 Å². The van der Waals surface area contributed by atoms with E-state index >= 15 is 0 Å². The van der Waals surface area contributed by atoms with E-state index in [4.69, 9.17) is 0 Å². The Morgan fingerprint density at radius 1 is 0.600 bits per heavy atom. The zero-order chi connectivity index (χ0) is 18.5. The summed E-state index contributed by atoms with van der Waals surface area (Å²) >= 11 is 0. The largest absolute Gasteiger partial charge is 0.368 e. The molecule has 0 spiro atoms. The number of nitrogens with zero attached hydrogens (tertiary/aromatic N) is 1. The van der Waals surface area contributed by atoms with E-state index in [2.05, 4.69) is 0 Å². The number of hydrogen-bond donors (Lipinski definition) is 0. The monoisotopic (exact) mass is 367 g/mol. The molecule has 2 aromatic rings. The molecule has 134 valence electrons. The Morgan fingerprint density at radius 3 is 1.72 bits per heavy atom. The fraction of sp³-hybridized carbons (Fsp3) is 0.250. The van der Waals surface area contributed by atoms with Crippen LogP contribution in [-0.4, -0.2) is 13.1 Å². The van der Waals surface area contributed by atoms with Gasteiger partial charge in [0.25, 0.3) is 0 Å². The maximum Gasteiger partial charge on any atom is 0.199 e. The Kier molecular flexibility index (Phi) is 4.34. The zero-order valence-corrected chi connectivity index (χ0v) is 12.4. The number of rotatable bonds is 2. The summed E-state index contributed by atoms with van der Waals surface area (Å²) < 4.78 is 110. The third-order valence-electron chi connectivity index (χ3n) is 4.04. The van der Waals surface area contributed by atoms with E-state index < -0.39 is 63.4 Å². The van der Waals surface area contributed by atoms with Crippen LogP contribution >= 0.6 is 0 Å². The van der Waals surface area contributed by atoms with Gasteiger partial charge >= 0.3 is 0 Å². The molecular weight excluding hydrogens is 358 g/mol. The van der Waals surface area contributed by atoms with Crippen LogP contribution in [0.5, 0.6) is 0 Å². The number of hydrogen-bond acceptors (Lipinski definition) is 1. The van der Waals surface area contributed by atoms with Crippen molar-refractivity contribution in [2.24, 2.45) is 0 Å². The predicted molar refractivity (Wildman–Crippen MR) is 73.0 cm³/mol. The van der Waals surface area contributed by atoms with Gasteiger partial charge in [-0.05, 0) is 18.9 Å². The van der Waals surface area contributed by atoms with Gasteiger partial charge in [-0.1, -0.05) is 0 Å². The molecule has 25 heavy (non-hydrogen) atoms. The minimum absolute atomic E-state index is 0.0719. The normalized spacial score (nSPS) is 14.5. The van der Waals surface area contributed by atoms with Crippen molar-refractivity contribution in [1.82, 2.24) is 0 Å². The van der Waals surface area contributed by atoms with Crippen LogP contribution < -0.4 is 4.90 Å². The molecule has 9 heteroatoms. The van der Waals surface area contributed by atoms with Crippen LogP contribution in [0.4, 0.5) is 40.8 Å². The molecule has 1 saturated heterocycles. The molecule has 0 amide bonds. The van der Waals surface area contributed by atoms with E-state index in [0.717, 1.165) is 4.90 Å². The summed E-state index contributed by atoms with van der Waals surface area (Å²) in [5, 5.41) is 0. The van der Waals surface area contributed by atoms with Gasteiger partial charge in [0.15, 0.2) is 46.5 Å². The van der Waals surface area contributed by atoms with E-state index in [1.807, 2.05) is 0 Å². The van der Waals surface area contributed by atoms with E-state index in [0.29, 0.717) is 12.8 Å². The fourth-order valence-electron chi connectivity index (χ4n) is 2.86. The van der Waals surface area contributed by atoms with Gasteiger partial charge in [-0.15, -0.1) is 0 Å². The molecule has 0 saturated carbocycles. The van der Waals surface area contributed by atoms with Gasteiger partial charge in [-0.2, -0.15) is 0 Å². The lowest BCUT2D eigenvalue weighted by molar-refractivity contribution is 0.404. The maximum atomic E-state index is 14.3. The van der Waals surface area contributed by atoms with Crippen LogP contribution in [0.2, 0.25) is 0 Å². The number of halogens is 8. The first-order valence-electron chi connectivity index (χ1n) is 7.20. The topological polar surface area (TPSA) is 3.24 Å². The molecule has 1 nitrogen and oxygen atoms in total. The smallest absolute Gasteiger partial charge is 0.199 e. The van der Waals surface area contributed by atoms with Crippen LogP contribution in [0.25, 0.3) is 11.1 Å². The minimum Gasteiger partial charge on any atom is -0.368 e. The molecule has 0 atom stereocenters. The third-order valence-corrected chi connectivity index (χ3v) is 4.04. The average molecular weight is 367 g/mol. The first-order chi connectivity index (χ1) is 11.8. The van der Waals surface area contributed by atoms with E-state index in [-0.39, 0.29) is 19.2 Å². The summed E-state index contributed by atoms with van der Waals surface area (Å²) in [6, 6.07) is 0.0719. The third kappa shape index (κ3) is 2.61. The Hall–Kier alpha value is -2.32. The van der Waals surface area contributed by atoms with Crippen molar-refractivity contribution in [1.29, 1.82) is 0 Å². The van der Waals surface area contributed by atoms with Crippen LogP contribution in [0, 0.1) is 46.5 Å². The Morgan fingerprint density at radius 2 is 1.12 bits per heavy atom. The van der Waals surface area contributed by atoms with Crippen molar-refractivity contribution in [3.8, 4) is 11.1 Å². The summed E-state index contributed by atoms with van der Waals surface area (Å²) in [5.41, 5.74) is -3.31. The standard InChI is InChI=1S/C16H9F8N/c17-7-5-6(9(18)12(21)10(7)19)8-11(20)13(22)14(23)15(24)16(8)25-3-1-2-4-25/h5H,1-4H2. The van der Waals surface area contributed by atoms with Gasteiger partial charge in [-0.25, -0.2) is 35.1 Å². The van der Waals surface area contributed by atoms with Gasteiger partial charge in [0.2, 0.25) is 0 Å². The fourth-order valence-corrected chi connectivity index (χ4v) is 2.86. The van der Waals surface area contributed by atoms with Gasteiger partial charge in [0.05, 0.1) is 11.3 Å². The van der Waals surface area contributed by atoms with Crippen molar-refractivity contribution < 1.29 is 35.1 Å². The van der Waals surface area contributed by atoms with Crippen molar-refractivity contribution in [3.05, 3.63) is 52.6 Å². The minimum atomic E-state index is -2.27. The van der Waals surface area contributed by atoms with E-state index in [1.54, 1.807) is 0 Å². The summed E-state index contributed by atoms with van der Waals surface area (Å²) in [7, 11) is 0. The molecule has 2 aromatic carbocycles. The predicted octanol–water partition coefficient (Wildman–Crippen LogP) is 5.07. The molecular formula is C16H9F8N.